The number of aldehydes is 2. The van der Waals surface area contributed by atoms with Gasteiger partial charge in [0.15, 0.2) is 12.6 Å². The van der Waals surface area contributed by atoms with Gasteiger partial charge in [-0.15, -0.1) is 0 Å². The Labute approximate surface area is 170 Å². The molecule has 3 aliphatic rings. The van der Waals surface area contributed by atoms with Crippen molar-refractivity contribution in [2.24, 2.45) is 22.7 Å². The summed E-state index contributed by atoms with van der Waals surface area (Å²) in [6, 6.07) is 1.32. The van der Waals surface area contributed by atoms with Crippen molar-refractivity contribution in [2.75, 3.05) is 0 Å². The van der Waals surface area contributed by atoms with Gasteiger partial charge in [0.25, 0.3) is 0 Å². The van der Waals surface area contributed by atoms with Crippen molar-refractivity contribution in [3.63, 3.8) is 0 Å². The van der Waals surface area contributed by atoms with Crippen LogP contribution in [0.25, 0.3) is 0 Å². The highest BCUT2D eigenvalue weighted by molar-refractivity contribution is 5.95. The zero-order valence-corrected chi connectivity index (χ0v) is 17.4. The average molecular weight is 402 g/mol. The highest BCUT2D eigenvalue weighted by atomic mass is 16.5. The van der Waals surface area contributed by atoms with Gasteiger partial charge in [0.05, 0.1) is 17.8 Å². The minimum Gasteiger partial charge on any atom is -0.508 e. The molecule has 1 aromatic rings. The minimum atomic E-state index is -0.841. The number of hydrogen-bond acceptors (Lipinski definition) is 6. The Morgan fingerprint density at radius 2 is 1.86 bits per heavy atom. The van der Waals surface area contributed by atoms with Crippen LogP contribution in [0, 0.1) is 22.7 Å². The van der Waals surface area contributed by atoms with Crippen molar-refractivity contribution in [2.45, 2.75) is 71.2 Å². The van der Waals surface area contributed by atoms with Crippen molar-refractivity contribution in [3.05, 3.63) is 22.8 Å². The summed E-state index contributed by atoms with van der Waals surface area (Å²) in [5.41, 5.74) is -0.885. The van der Waals surface area contributed by atoms with Gasteiger partial charge in [0, 0.05) is 28.9 Å². The van der Waals surface area contributed by atoms with Crippen LogP contribution in [0.3, 0.4) is 0 Å². The fourth-order valence-electron chi connectivity index (χ4n) is 6.66. The normalized spacial score (nSPS) is 40.1. The minimum absolute atomic E-state index is 0.00775. The summed E-state index contributed by atoms with van der Waals surface area (Å²) < 4.78 is 6.57. The van der Waals surface area contributed by atoms with Gasteiger partial charge < -0.3 is 20.1 Å². The van der Waals surface area contributed by atoms with E-state index in [1.807, 2.05) is 20.8 Å². The Balaban J connectivity index is 1.91. The van der Waals surface area contributed by atoms with Gasteiger partial charge in [0.1, 0.15) is 17.1 Å². The summed E-state index contributed by atoms with van der Waals surface area (Å²) in [6.45, 7) is 8.18. The first-order valence-corrected chi connectivity index (χ1v) is 10.4. The van der Waals surface area contributed by atoms with Gasteiger partial charge in [-0.1, -0.05) is 27.7 Å². The van der Waals surface area contributed by atoms with Gasteiger partial charge in [-0.3, -0.25) is 9.59 Å². The highest BCUT2D eigenvalue weighted by Gasteiger charge is 2.69. The maximum atomic E-state index is 11.8. The molecule has 3 N–H and O–H groups in total. The lowest BCUT2D eigenvalue weighted by atomic mass is 9.43. The maximum Gasteiger partial charge on any atom is 0.154 e. The predicted molar refractivity (Wildman–Crippen MR) is 106 cm³/mol. The van der Waals surface area contributed by atoms with Gasteiger partial charge in [0.2, 0.25) is 0 Å². The van der Waals surface area contributed by atoms with Crippen LogP contribution in [0.1, 0.15) is 73.2 Å². The van der Waals surface area contributed by atoms with E-state index < -0.39 is 23.2 Å². The van der Waals surface area contributed by atoms with Crippen LogP contribution in [0.4, 0.5) is 0 Å². The van der Waals surface area contributed by atoms with Crippen LogP contribution in [0.5, 0.6) is 11.5 Å². The molecule has 6 nitrogen and oxygen atoms in total. The highest BCUT2D eigenvalue weighted by Crippen LogP contribution is 2.66. The Morgan fingerprint density at radius 3 is 2.48 bits per heavy atom. The van der Waals surface area contributed by atoms with Crippen LogP contribution in [-0.2, 0) is 6.42 Å². The molecule has 2 saturated carbocycles. The van der Waals surface area contributed by atoms with Gasteiger partial charge in [-0.05, 0) is 36.7 Å². The molecule has 6 unspecified atom stereocenters. The van der Waals surface area contributed by atoms with Crippen molar-refractivity contribution < 1.29 is 29.6 Å². The molecule has 6 heteroatoms. The molecule has 0 radical (unpaired) electrons. The molecule has 1 aromatic carbocycles. The second-order valence-corrected chi connectivity index (χ2v) is 10.0. The van der Waals surface area contributed by atoms with Gasteiger partial charge >= 0.3 is 0 Å². The molecule has 2 aliphatic carbocycles. The van der Waals surface area contributed by atoms with Crippen molar-refractivity contribution in [3.8, 4) is 11.5 Å². The van der Waals surface area contributed by atoms with Crippen LogP contribution in [0.15, 0.2) is 6.07 Å². The molecular formula is C23H30O6. The lowest BCUT2D eigenvalue weighted by Crippen LogP contribution is -2.69. The number of carbonyl (C=O) groups is 2. The Kier molecular flexibility index (Phi) is 4.41. The average Bonchev–Trinajstić information content (AvgIpc) is 3.09. The molecule has 29 heavy (non-hydrogen) atoms. The van der Waals surface area contributed by atoms with Crippen molar-refractivity contribution in [1.82, 2.24) is 0 Å². The number of fused-ring (bicyclic) bond motifs is 3. The predicted octanol–water partition coefficient (Wildman–Crippen LogP) is 2.90. The fourth-order valence-corrected chi connectivity index (χ4v) is 6.66. The third-order valence-corrected chi connectivity index (χ3v) is 8.62. The monoisotopic (exact) mass is 402 g/mol. The first-order valence-electron chi connectivity index (χ1n) is 10.4. The summed E-state index contributed by atoms with van der Waals surface area (Å²) in [5, 5.41) is 32.3. The molecule has 6 atom stereocenters. The van der Waals surface area contributed by atoms with Crippen LogP contribution >= 0.6 is 0 Å². The molecule has 0 bridgehead atoms. The Morgan fingerprint density at radius 1 is 1.17 bits per heavy atom. The lowest BCUT2D eigenvalue weighted by Gasteiger charge is -2.64. The molecule has 4 rings (SSSR count). The van der Waals surface area contributed by atoms with E-state index in [1.54, 1.807) is 0 Å². The zero-order chi connectivity index (χ0) is 21.4. The molecule has 158 valence electrons. The van der Waals surface area contributed by atoms with Gasteiger partial charge in [-0.25, -0.2) is 0 Å². The first-order chi connectivity index (χ1) is 13.5. The number of phenols is 1. The summed E-state index contributed by atoms with van der Waals surface area (Å²) in [6.07, 6.45) is 2.28. The van der Waals surface area contributed by atoms with E-state index in [1.165, 1.54) is 6.07 Å². The van der Waals surface area contributed by atoms with E-state index in [9.17, 15) is 24.9 Å². The summed E-state index contributed by atoms with van der Waals surface area (Å²) in [7, 11) is 0. The Bertz CT molecular complexity index is 877. The molecule has 1 aliphatic heterocycles. The summed E-state index contributed by atoms with van der Waals surface area (Å²) in [4.78, 5) is 23.2. The Hall–Kier alpha value is -1.92. The topological polar surface area (TPSA) is 104 Å². The summed E-state index contributed by atoms with van der Waals surface area (Å²) in [5.74, 6) is -0.0635. The number of phenolic OH excluding ortho intramolecular Hbond substituents is 1. The lowest BCUT2D eigenvalue weighted by molar-refractivity contribution is -0.236. The number of carbonyl (C=O) groups excluding carboxylic acids is 2. The second-order valence-electron chi connectivity index (χ2n) is 10.0. The number of aliphatic hydroxyl groups excluding tert-OH is 2. The largest absolute Gasteiger partial charge is 0.508 e. The SMILES string of the molecule is CC1C(O)CC2C(C)(C)C(O)CCC2(C)C12Cc1c(O)cc(C=O)c(C=O)c1O2. The van der Waals surface area contributed by atoms with E-state index in [2.05, 4.69) is 6.92 Å². The van der Waals surface area contributed by atoms with Gasteiger partial charge in [-0.2, -0.15) is 0 Å². The third kappa shape index (κ3) is 2.42. The molecule has 2 fully saturated rings. The van der Waals surface area contributed by atoms with E-state index in [4.69, 9.17) is 4.74 Å². The number of rotatable bonds is 2. The molecule has 0 saturated heterocycles. The molecular weight excluding hydrogens is 372 g/mol. The molecule has 1 heterocycles. The summed E-state index contributed by atoms with van der Waals surface area (Å²) >= 11 is 0. The van der Waals surface area contributed by atoms with E-state index in [0.717, 1.165) is 0 Å². The first kappa shape index (κ1) is 20.4. The van der Waals surface area contributed by atoms with E-state index in [0.29, 0.717) is 43.8 Å². The van der Waals surface area contributed by atoms with Crippen LogP contribution < -0.4 is 4.74 Å². The molecule has 0 aromatic heterocycles. The second kappa shape index (κ2) is 6.29. The number of ether oxygens (including phenoxy) is 1. The van der Waals surface area contributed by atoms with Crippen LogP contribution in [-0.4, -0.2) is 45.7 Å². The van der Waals surface area contributed by atoms with E-state index >= 15 is 0 Å². The number of benzene rings is 1. The fraction of sp³-hybridized carbons (Fsp3) is 0.652. The van der Waals surface area contributed by atoms with Crippen LogP contribution in [0.2, 0.25) is 0 Å². The molecule has 1 spiro atoms. The van der Waals surface area contributed by atoms with E-state index in [-0.39, 0.29) is 39.9 Å². The third-order valence-electron chi connectivity index (χ3n) is 8.62. The number of aromatic hydroxyl groups is 1. The van der Waals surface area contributed by atoms with Crippen molar-refractivity contribution in [1.29, 1.82) is 0 Å². The number of hydrogen-bond donors (Lipinski definition) is 3. The smallest absolute Gasteiger partial charge is 0.154 e. The number of aliphatic hydroxyl groups is 2. The maximum absolute atomic E-state index is 11.8. The zero-order valence-electron chi connectivity index (χ0n) is 17.4. The quantitative estimate of drug-likeness (QED) is 0.657. The molecule has 0 amide bonds. The standard InChI is InChI=1S/C23H30O6/c1-12-16(26)8-18-21(2,3)19(28)5-6-22(18,4)23(12)9-14-17(27)7-13(10-24)15(11-25)20(14)29-23/h7,10-12,16,18-19,26-28H,5-6,8-9H2,1-4H3. The van der Waals surface area contributed by atoms with Crippen molar-refractivity contribution >= 4 is 12.6 Å².